The lowest BCUT2D eigenvalue weighted by Gasteiger charge is -1.94. The van der Waals surface area contributed by atoms with Crippen LogP contribution in [-0.4, -0.2) is 19.7 Å². The fourth-order valence-electron chi connectivity index (χ4n) is 1.72. The van der Waals surface area contributed by atoms with Crippen molar-refractivity contribution in [1.82, 2.24) is 14.6 Å². The van der Waals surface area contributed by atoms with Crippen LogP contribution >= 0.6 is 0 Å². The summed E-state index contributed by atoms with van der Waals surface area (Å²) in [5.74, 6) is 0.755. The maximum absolute atomic E-state index is 9.65. The number of aromatic hydroxyl groups is 1. The number of hydrogen-bond acceptors (Lipinski definition) is 3. The van der Waals surface area contributed by atoms with E-state index < -0.39 is 0 Å². The molecule has 3 rings (SSSR count). The first-order valence-corrected chi connectivity index (χ1v) is 5.35. The van der Waals surface area contributed by atoms with Crippen LogP contribution in [0.3, 0.4) is 0 Å². The number of pyridine rings is 1. The molecule has 0 fully saturated rings. The van der Waals surface area contributed by atoms with Crippen molar-refractivity contribution >= 4 is 5.65 Å². The number of fused-ring (bicyclic) bond motifs is 1. The number of benzene rings is 1. The molecule has 0 unspecified atom stereocenters. The first-order valence-electron chi connectivity index (χ1n) is 5.35. The summed E-state index contributed by atoms with van der Waals surface area (Å²) in [4.78, 5) is 4.31. The highest BCUT2D eigenvalue weighted by Crippen LogP contribution is 2.21. The molecule has 2 heterocycles. The highest BCUT2D eigenvalue weighted by Gasteiger charge is 2.08. The monoisotopic (exact) mass is 225 g/mol. The summed E-state index contributed by atoms with van der Waals surface area (Å²) in [6.45, 7) is 2.03. The third kappa shape index (κ3) is 1.63. The summed E-state index contributed by atoms with van der Waals surface area (Å²) in [7, 11) is 0. The van der Waals surface area contributed by atoms with Gasteiger partial charge in [-0.2, -0.15) is 0 Å². The topological polar surface area (TPSA) is 50.4 Å². The smallest absolute Gasteiger partial charge is 0.198 e. The molecule has 0 aliphatic heterocycles. The molecule has 0 bridgehead atoms. The molecular weight excluding hydrogens is 214 g/mol. The number of nitrogens with zero attached hydrogens (tertiary/aromatic N) is 3. The Labute approximate surface area is 98.2 Å². The van der Waals surface area contributed by atoms with Crippen LogP contribution in [0.5, 0.6) is 5.75 Å². The molecule has 4 heteroatoms. The first-order chi connectivity index (χ1) is 8.24. The molecule has 1 aromatic carbocycles. The van der Waals surface area contributed by atoms with Crippen LogP contribution in [0.15, 0.2) is 42.6 Å². The van der Waals surface area contributed by atoms with Crippen LogP contribution in [-0.2, 0) is 0 Å². The maximum Gasteiger partial charge on any atom is 0.198 e. The van der Waals surface area contributed by atoms with Crippen molar-refractivity contribution in [2.24, 2.45) is 0 Å². The van der Waals surface area contributed by atoms with E-state index in [1.807, 2.05) is 31.2 Å². The normalized spacial score (nSPS) is 10.9. The SMILES string of the molecule is Cc1ccc(-c2nc3c(O)cccn3n2)cc1. The average Bonchev–Trinajstić information content (AvgIpc) is 2.75. The quantitative estimate of drug-likeness (QED) is 0.691. The van der Waals surface area contributed by atoms with Gasteiger partial charge in [-0.25, -0.2) is 9.50 Å². The highest BCUT2D eigenvalue weighted by molar-refractivity contribution is 5.61. The Morgan fingerprint density at radius 1 is 1.12 bits per heavy atom. The standard InChI is InChI=1S/C13H11N3O/c1-9-4-6-10(7-5-9)12-14-13-11(17)3-2-8-16(13)15-12/h2-8,17H,1H3. The summed E-state index contributed by atoms with van der Waals surface area (Å²) < 4.78 is 1.57. The minimum atomic E-state index is 0.137. The van der Waals surface area contributed by atoms with Crippen LogP contribution in [0.2, 0.25) is 0 Å². The van der Waals surface area contributed by atoms with Crippen LogP contribution < -0.4 is 0 Å². The van der Waals surface area contributed by atoms with E-state index in [0.29, 0.717) is 11.5 Å². The predicted molar refractivity (Wildman–Crippen MR) is 64.8 cm³/mol. The Morgan fingerprint density at radius 2 is 1.88 bits per heavy atom. The van der Waals surface area contributed by atoms with Gasteiger partial charge < -0.3 is 5.11 Å². The summed E-state index contributed by atoms with van der Waals surface area (Å²) in [6.07, 6.45) is 1.76. The molecule has 0 aliphatic carbocycles. The van der Waals surface area contributed by atoms with Crippen LogP contribution in [0.4, 0.5) is 0 Å². The van der Waals surface area contributed by atoms with E-state index in [4.69, 9.17) is 0 Å². The zero-order chi connectivity index (χ0) is 11.8. The van der Waals surface area contributed by atoms with Gasteiger partial charge in [0.1, 0.15) is 0 Å². The Kier molecular flexibility index (Phi) is 2.08. The molecule has 0 radical (unpaired) electrons. The molecule has 0 amide bonds. The third-order valence-electron chi connectivity index (χ3n) is 2.65. The molecule has 0 atom stereocenters. The number of aryl methyl sites for hydroxylation is 1. The van der Waals surface area contributed by atoms with Crippen molar-refractivity contribution in [2.75, 3.05) is 0 Å². The predicted octanol–water partition coefficient (Wildman–Crippen LogP) is 2.41. The van der Waals surface area contributed by atoms with Gasteiger partial charge >= 0.3 is 0 Å². The molecule has 0 saturated heterocycles. The van der Waals surface area contributed by atoms with E-state index in [1.165, 1.54) is 5.56 Å². The lowest BCUT2D eigenvalue weighted by atomic mass is 10.1. The molecule has 1 N–H and O–H groups in total. The molecule has 0 aliphatic rings. The van der Waals surface area contributed by atoms with Crippen LogP contribution in [0.1, 0.15) is 5.56 Å². The Bertz CT molecular complexity index is 671. The Balaban J connectivity index is 2.18. The highest BCUT2D eigenvalue weighted by atomic mass is 16.3. The van der Waals surface area contributed by atoms with E-state index in [0.717, 1.165) is 5.56 Å². The zero-order valence-electron chi connectivity index (χ0n) is 9.33. The second kappa shape index (κ2) is 3.59. The second-order valence-electron chi connectivity index (χ2n) is 3.96. The average molecular weight is 225 g/mol. The minimum absolute atomic E-state index is 0.137. The van der Waals surface area contributed by atoms with Crippen molar-refractivity contribution in [3.8, 4) is 17.1 Å². The van der Waals surface area contributed by atoms with E-state index >= 15 is 0 Å². The van der Waals surface area contributed by atoms with E-state index in [1.54, 1.807) is 22.8 Å². The van der Waals surface area contributed by atoms with Gasteiger partial charge in [0.05, 0.1) is 0 Å². The van der Waals surface area contributed by atoms with E-state index in [2.05, 4.69) is 10.1 Å². The number of hydrogen-bond donors (Lipinski definition) is 1. The lowest BCUT2D eigenvalue weighted by Crippen LogP contribution is -1.85. The fraction of sp³-hybridized carbons (Fsp3) is 0.0769. The molecule has 17 heavy (non-hydrogen) atoms. The summed E-state index contributed by atoms with van der Waals surface area (Å²) in [5, 5.41) is 14.0. The fourth-order valence-corrected chi connectivity index (χ4v) is 1.72. The largest absolute Gasteiger partial charge is 0.504 e. The van der Waals surface area contributed by atoms with Gasteiger partial charge in [0.15, 0.2) is 17.2 Å². The van der Waals surface area contributed by atoms with E-state index in [-0.39, 0.29) is 5.75 Å². The van der Waals surface area contributed by atoms with Crippen molar-refractivity contribution in [3.63, 3.8) is 0 Å². The minimum Gasteiger partial charge on any atom is -0.504 e. The molecule has 0 spiro atoms. The molecule has 4 nitrogen and oxygen atoms in total. The molecule has 0 saturated carbocycles. The summed E-state index contributed by atoms with van der Waals surface area (Å²) >= 11 is 0. The van der Waals surface area contributed by atoms with Crippen molar-refractivity contribution in [1.29, 1.82) is 0 Å². The van der Waals surface area contributed by atoms with Gasteiger partial charge in [0.25, 0.3) is 0 Å². The lowest BCUT2D eigenvalue weighted by molar-refractivity contribution is 0.477. The first kappa shape index (κ1) is 9.84. The Morgan fingerprint density at radius 3 is 2.59 bits per heavy atom. The van der Waals surface area contributed by atoms with E-state index in [9.17, 15) is 5.11 Å². The van der Waals surface area contributed by atoms with Crippen molar-refractivity contribution < 1.29 is 5.11 Å². The van der Waals surface area contributed by atoms with Crippen LogP contribution in [0, 0.1) is 6.92 Å². The molecular formula is C13H11N3O. The Hall–Kier alpha value is -2.36. The second-order valence-corrected chi connectivity index (χ2v) is 3.96. The number of aromatic nitrogens is 3. The number of rotatable bonds is 1. The van der Waals surface area contributed by atoms with Gasteiger partial charge in [0.2, 0.25) is 0 Å². The maximum atomic E-state index is 9.65. The van der Waals surface area contributed by atoms with Crippen molar-refractivity contribution in [2.45, 2.75) is 6.92 Å². The van der Waals surface area contributed by atoms with Crippen LogP contribution in [0.25, 0.3) is 17.0 Å². The third-order valence-corrected chi connectivity index (χ3v) is 2.65. The molecule has 2 aromatic heterocycles. The summed E-state index contributed by atoms with van der Waals surface area (Å²) in [6, 6.07) is 11.3. The van der Waals surface area contributed by atoms with Gasteiger partial charge in [-0.05, 0) is 19.1 Å². The van der Waals surface area contributed by atoms with Gasteiger partial charge in [-0.15, -0.1) is 5.10 Å². The van der Waals surface area contributed by atoms with Gasteiger partial charge in [-0.1, -0.05) is 29.8 Å². The van der Waals surface area contributed by atoms with Gasteiger partial charge in [0, 0.05) is 11.8 Å². The molecule has 3 aromatic rings. The summed E-state index contributed by atoms with van der Waals surface area (Å²) in [5.41, 5.74) is 2.61. The van der Waals surface area contributed by atoms with Gasteiger partial charge in [-0.3, -0.25) is 0 Å². The zero-order valence-corrected chi connectivity index (χ0v) is 9.33. The van der Waals surface area contributed by atoms with Crippen molar-refractivity contribution in [3.05, 3.63) is 48.2 Å². The molecule has 84 valence electrons.